The molecule has 2 unspecified atom stereocenters. The van der Waals surface area contributed by atoms with Crippen molar-refractivity contribution >= 4 is 5.91 Å². The molecule has 0 spiro atoms. The lowest BCUT2D eigenvalue weighted by molar-refractivity contribution is -0.132. The second-order valence-corrected chi connectivity index (χ2v) is 4.18. The molecule has 4 heteroatoms. The smallest absolute Gasteiger partial charge is 0.239 e. The van der Waals surface area contributed by atoms with Crippen molar-refractivity contribution in [3.63, 3.8) is 0 Å². The van der Waals surface area contributed by atoms with Crippen molar-refractivity contribution in [3.05, 3.63) is 0 Å². The van der Waals surface area contributed by atoms with Crippen LogP contribution in [-0.4, -0.2) is 47.7 Å². The van der Waals surface area contributed by atoms with Crippen LogP contribution in [0.1, 0.15) is 40.5 Å². The van der Waals surface area contributed by atoms with Gasteiger partial charge in [0.25, 0.3) is 0 Å². The molecule has 0 saturated heterocycles. The molecule has 0 aromatic heterocycles. The highest BCUT2D eigenvalue weighted by atomic mass is 16.3. The van der Waals surface area contributed by atoms with Crippen LogP contribution >= 0.6 is 0 Å². The Balaban J connectivity index is 3.78. The summed E-state index contributed by atoms with van der Waals surface area (Å²) in [6, 6.07) is -0.131. The average Bonchev–Trinajstić information content (AvgIpc) is 2.25. The van der Waals surface area contributed by atoms with Crippen LogP contribution < -0.4 is 5.32 Å². The molecule has 0 radical (unpaired) electrons. The number of carbonyl (C=O) groups excluding carboxylic acids is 1. The SMILES string of the molecule is CCN(CC)C(=O)C(C)NCCCC(C)O. The molecule has 4 nitrogen and oxygen atoms in total. The Bertz CT molecular complexity index is 191. The molecule has 16 heavy (non-hydrogen) atoms. The number of amides is 1. The van der Waals surface area contributed by atoms with Crippen LogP contribution in [-0.2, 0) is 4.79 Å². The minimum Gasteiger partial charge on any atom is -0.393 e. The molecule has 0 heterocycles. The number of likely N-dealkylation sites (N-methyl/N-ethyl adjacent to an activating group) is 1. The highest BCUT2D eigenvalue weighted by Crippen LogP contribution is 1.97. The lowest BCUT2D eigenvalue weighted by Crippen LogP contribution is -2.45. The first-order chi connectivity index (χ1) is 7.52. The Labute approximate surface area is 99.0 Å². The monoisotopic (exact) mass is 230 g/mol. The summed E-state index contributed by atoms with van der Waals surface area (Å²) >= 11 is 0. The zero-order chi connectivity index (χ0) is 12.6. The zero-order valence-corrected chi connectivity index (χ0v) is 11.0. The van der Waals surface area contributed by atoms with E-state index >= 15 is 0 Å². The van der Waals surface area contributed by atoms with Crippen LogP contribution in [0.15, 0.2) is 0 Å². The summed E-state index contributed by atoms with van der Waals surface area (Å²) in [4.78, 5) is 13.7. The number of hydrogen-bond donors (Lipinski definition) is 2. The molecule has 0 saturated carbocycles. The maximum absolute atomic E-state index is 11.8. The van der Waals surface area contributed by atoms with Crippen molar-refractivity contribution in [1.29, 1.82) is 0 Å². The predicted octanol–water partition coefficient (Wildman–Crippen LogP) is 0.994. The van der Waals surface area contributed by atoms with Gasteiger partial charge in [-0.05, 0) is 47.1 Å². The lowest BCUT2D eigenvalue weighted by Gasteiger charge is -2.23. The predicted molar refractivity (Wildman–Crippen MR) is 66.3 cm³/mol. The molecule has 1 amide bonds. The fraction of sp³-hybridized carbons (Fsp3) is 0.917. The Morgan fingerprint density at radius 1 is 1.31 bits per heavy atom. The summed E-state index contributed by atoms with van der Waals surface area (Å²) in [6.07, 6.45) is 1.42. The molecule has 0 aliphatic rings. The van der Waals surface area contributed by atoms with Gasteiger partial charge in [-0.3, -0.25) is 4.79 Å². The normalized spacial score (nSPS) is 14.6. The third kappa shape index (κ3) is 6.08. The second kappa shape index (κ2) is 8.53. The van der Waals surface area contributed by atoms with Gasteiger partial charge in [-0.25, -0.2) is 0 Å². The summed E-state index contributed by atoms with van der Waals surface area (Å²) < 4.78 is 0. The first kappa shape index (κ1) is 15.4. The number of carbonyl (C=O) groups is 1. The molecule has 0 aromatic carbocycles. The van der Waals surface area contributed by atoms with Gasteiger partial charge in [0.1, 0.15) is 0 Å². The third-order valence-electron chi connectivity index (χ3n) is 2.69. The molecular weight excluding hydrogens is 204 g/mol. The molecule has 2 N–H and O–H groups in total. The van der Waals surface area contributed by atoms with E-state index in [1.54, 1.807) is 6.92 Å². The van der Waals surface area contributed by atoms with Gasteiger partial charge in [0.05, 0.1) is 12.1 Å². The van der Waals surface area contributed by atoms with Gasteiger partial charge in [0.2, 0.25) is 5.91 Å². The third-order valence-corrected chi connectivity index (χ3v) is 2.69. The maximum Gasteiger partial charge on any atom is 0.239 e. The summed E-state index contributed by atoms with van der Waals surface area (Å²) in [7, 11) is 0. The Kier molecular flexibility index (Phi) is 8.21. The van der Waals surface area contributed by atoms with E-state index in [2.05, 4.69) is 5.32 Å². The maximum atomic E-state index is 11.8. The van der Waals surface area contributed by atoms with E-state index in [9.17, 15) is 4.79 Å². The standard InChI is InChI=1S/C12H26N2O2/c1-5-14(6-2)12(16)11(4)13-9-7-8-10(3)15/h10-11,13,15H,5-9H2,1-4H3. The van der Waals surface area contributed by atoms with E-state index in [0.29, 0.717) is 0 Å². The molecule has 2 atom stereocenters. The molecule has 0 aliphatic carbocycles. The number of rotatable bonds is 8. The van der Waals surface area contributed by atoms with E-state index in [1.807, 2.05) is 25.7 Å². The second-order valence-electron chi connectivity index (χ2n) is 4.18. The van der Waals surface area contributed by atoms with Crippen molar-refractivity contribution in [2.45, 2.75) is 52.7 Å². The fourth-order valence-electron chi connectivity index (χ4n) is 1.61. The number of aliphatic hydroxyl groups is 1. The van der Waals surface area contributed by atoms with Crippen molar-refractivity contribution < 1.29 is 9.90 Å². The van der Waals surface area contributed by atoms with Gasteiger partial charge in [0, 0.05) is 13.1 Å². The van der Waals surface area contributed by atoms with E-state index < -0.39 is 0 Å². The van der Waals surface area contributed by atoms with Crippen molar-refractivity contribution in [2.24, 2.45) is 0 Å². The Hall–Kier alpha value is -0.610. The van der Waals surface area contributed by atoms with Crippen molar-refractivity contribution in [1.82, 2.24) is 10.2 Å². The minimum atomic E-state index is -0.254. The van der Waals surface area contributed by atoms with Gasteiger partial charge in [-0.15, -0.1) is 0 Å². The number of hydrogen-bond acceptors (Lipinski definition) is 3. The average molecular weight is 230 g/mol. The van der Waals surface area contributed by atoms with Gasteiger partial charge in [0.15, 0.2) is 0 Å². The van der Waals surface area contributed by atoms with Crippen molar-refractivity contribution in [3.8, 4) is 0 Å². The first-order valence-corrected chi connectivity index (χ1v) is 6.23. The topological polar surface area (TPSA) is 52.6 Å². The summed E-state index contributed by atoms with van der Waals surface area (Å²) in [6.45, 7) is 9.94. The van der Waals surface area contributed by atoms with Crippen LogP contribution in [0.5, 0.6) is 0 Å². The molecule has 0 bridgehead atoms. The highest BCUT2D eigenvalue weighted by molar-refractivity contribution is 5.81. The summed E-state index contributed by atoms with van der Waals surface area (Å²) in [5.41, 5.74) is 0. The molecule has 0 rings (SSSR count). The summed E-state index contributed by atoms with van der Waals surface area (Å²) in [5, 5.41) is 12.3. The molecule has 96 valence electrons. The van der Waals surface area contributed by atoms with Gasteiger partial charge >= 0.3 is 0 Å². The van der Waals surface area contributed by atoms with Gasteiger partial charge < -0.3 is 15.3 Å². The zero-order valence-electron chi connectivity index (χ0n) is 11.0. The fourth-order valence-corrected chi connectivity index (χ4v) is 1.61. The lowest BCUT2D eigenvalue weighted by atomic mass is 10.2. The van der Waals surface area contributed by atoms with Crippen molar-refractivity contribution in [2.75, 3.05) is 19.6 Å². The molecule has 0 fully saturated rings. The van der Waals surface area contributed by atoms with Gasteiger partial charge in [-0.1, -0.05) is 0 Å². The van der Waals surface area contributed by atoms with E-state index in [4.69, 9.17) is 5.11 Å². The summed E-state index contributed by atoms with van der Waals surface area (Å²) in [5.74, 6) is 0.155. The van der Waals surface area contributed by atoms with Crippen LogP contribution in [0, 0.1) is 0 Å². The highest BCUT2D eigenvalue weighted by Gasteiger charge is 2.16. The first-order valence-electron chi connectivity index (χ1n) is 6.23. The minimum absolute atomic E-state index is 0.131. The quantitative estimate of drug-likeness (QED) is 0.612. The molecule has 0 aliphatic heterocycles. The van der Waals surface area contributed by atoms with Crippen LogP contribution in [0.25, 0.3) is 0 Å². The Morgan fingerprint density at radius 2 is 1.88 bits per heavy atom. The van der Waals surface area contributed by atoms with Crippen LogP contribution in [0.2, 0.25) is 0 Å². The van der Waals surface area contributed by atoms with Crippen LogP contribution in [0.3, 0.4) is 0 Å². The van der Waals surface area contributed by atoms with E-state index in [-0.39, 0.29) is 18.1 Å². The Morgan fingerprint density at radius 3 is 2.31 bits per heavy atom. The van der Waals surface area contributed by atoms with E-state index in [0.717, 1.165) is 32.5 Å². The largest absolute Gasteiger partial charge is 0.393 e. The van der Waals surface area contributed by atoms with Crippen LogP contribution in [0.4, 0.5) is 0 Å². The molecule has 0 aromatic rings. The molecular formula is C12H26N2O2. The number of aliphatic hydroxyl groups excluding tert-OH is 1. The van der Waals surface area contributed by atoms with E-state index in [1.165, 1.54) is 0 Å². The van der Waals surface area contributed by atoms with Gasteiger partial charge in [-0.2, -0.15) is 0 Å². The number of nitrogens with one attached hydrogen (secondary N) is 1. The number of nitrogens with zero attached hydrogens (tertiary/aromatic N) is 1.